The molecule has 0 unspecified atom stereocenters. The fraction of sp³-hybridized carbons (Fsp3) is 0.500. The van der Waals surface area contributed by atoms with E-state index < -0.39 is 0 Å². The number of imidazole rings is 1. The highest BCUT2D eigenvalue weighted by atomic mass is 16.2. The number of hydrogen-bond donors (Lipinski definition) is 2. The molecule has 2 N–H and O–H groups in total. The van der Waals surface area contributed by atoms with Crippen molar-refractivity contribution in [1.82, 2.24) is 20.2 Å². The minimum atomic E-state index is -0.0496. The molecule has 2 atom stereocenters. The van der Waals surface area contributed by atoms with Gasteiger partial charge in [0.15, 0.2) is 0 Å². The largest absolute Gasteiger partial charge is 0.348 e. The monoisotopic (exact) mass is 340 g/mol. The van der Waals surface area contributed by atoms with Crippen LogP contribution in [0.2, 0.25) is 0 Å². The fourth-order valence-corrected chi connectivity index (χ4v) is 3.42. The number of benzene rings is 1. The van der Waals surface area contributed by atoms with Crippen LogP contribution in [0.25, 0.3) is 0 Å². The summed E-state index contributed by atoms with van der Waals surface area (Å²) in [6, 6.07) is 10.5. The Kier molecular flexibility index (Phi) is 6.23. The van der Waals surface area contributed by atoms with Gasteiger partial charge in [-0.3, -0.25) is 4.79 Å². The lowest BCUT2D eigenvalue weighted by Crippen LogP contribution is -2.40. The smallest absolute Gasteiger partial charge is 0.237 e. The molecule has 5 heteroatoms. The molecule has 1 fully saturated rings. The van der Waals surface area contributed by atoms with Gasteiger partial charge < -0.3 is 15.2 Å². The SMILES string of the molecule is CC[C@@H]1CN[C@H](C(=O)NCc2nccn2CCCc2ccccc2)C1. The van der Waals surface area contributed by atoms with E-state index in [-0.39, 0.29) is 11.9 Å². The summed E-state index contributed by atoms with van der Waals surface area (Å²) in [7, 11) is 0. The first-order valence-electron chi connectivity index (χ1n) is 9.31. The third kappa shape index (κ3) is 4.92. The Balaban J connectivity index is 1.44. The highest BCUT2D eigenvalue weighted by Crippen LogP contribution is 2.17. The number of nitrogens with one attached hydrogen (secondary N) is 2. The van der Waals surface area contributed by atoms with E-state index in [0.717, 1.165) is 44.6 Å². The maximum absolute atomic E-state index is 12.3. The van der Waals surface area contributed by atoms with E-state index in [1.165, 1.54) is 5.56 Å². The lowest BCUT2D eigenvalue weighted by atomic mass is 10.0. The standard InChI is InChI=1S/C20H28N4O/c1-2-16-13-18(22-14-16)20(25)23-15-19-21-10-12-24(19)11-6-9-17-7-4-3-5-8-17/h3-5,7-8,10,12,16,18,22H,2,6,9,11,13-15H2,1H3,(H,23,25)/t16-,18-/m0/s1. The van der Waals surface area contributed by atoms with Crippen LogP contribution in [0, 0.1) is 5.92 Å². The summed E-state index contributed by atoms with van der Waals surface area (Å²) in [5, 5.41) is 6.35. The highest BCUT2D eigenvalue weighted by Gasteiger charge is 2.28. The molecule has 0 saturated carbocycles. The first kappa shape index (κ1) is 17.7. The van der Waals surface area contributed by atoms with Crippen LogP contribution >= 0.6 is 0 Å². The van der Waals surface area contributed by atoms with Crippen molar-refractivity contribution in [2.75, 3.05) is 6.54 Å². The molecule has 0 spiro atoms. The Bertz CT molecular complexity index is 667. The second-order valence-corrected chi connectivity index (χ2v) is 6.81. The molecule has 25 heavy (non-hydrogen) atoms. The summed E-state index contributed by atoms with van der Waals surface area (Å²) in [5.74, 6) is 1.64. The average molecular weight is 340 g/mol. The van der Waals surface area contributed by atoms with Crippen LogP contribution in [-0.2, 0) is 24.3 Å². The minimum absolute atomic E-state index is 0.0496. The summed E-state index contributed by atoms with van der Waals surface area (Å²) in [5.41, 5.74) is 1.36. The number of carbonyl (C=O) groups excluding carboxylic acids is 1. The number of carbonyl (C=O) groups is 1. The van der Waals surface area contributed by atoms with Gasteiger partial charge >= 0.3 is 0 Å². The van der Waals surface area contributed by atoms with Crippen LogP contribution in [0.3, 0.4) is 0 Å². The first-order chi connectivity index (χ1) is 12.3. The topological polar surface area (TPSA) is 59.0 Å². The zero-order chi connectivity index (χ0) is 17.5. The van der Waals surface area contributed by atoms with Crippen LogP contribution in [0.15, 0.2) is 42.7 Å². The number of aromatic nitrogens is 2. The summed E-state index contributed by atoms with van der Waals surface area (Å²) < 4.78 is 2.14. The van der Waals surface area contributed by atoms with Gasteiger partial charge in [-0.25, -0.2) is 4.98 Å². The quantitative estimate of drug-likeness (QED) is 0.776. The van der Waals surface area contributed by atoms with Gasteiger partial charge in [0.2, 0.25) is 5.91 Å². The van der Waals surface area contributed by atoms with Crippen molar-refractivity contribution >= 4 is 5.91 Å². The zero-order valence-electron chi connectivity index (χ0n) is 14.9. The Labute approximate surface area is 149 Å². The van der Waals surface area contributed by atoms with E-state index in [2.05, 4.69) is 51.4 Å². The van der Waals surface area contributed by atoms with E-state index in [4.69, 9.17) is 0 Å². The summed E-state index contributed by atoms with van der Waals surface area (Å²) in [4.78, 5) is 16.7. The summed E-state index contributed by atoms with van der Waals surface area (Å²) in [6.07, 6.45) is 7.98. The molecular formula is C20H28N4O. The molecule has 1 aromatic carbocycles. The Morgan fingerprint density at radius 2 is 2.20 bits per heavy atom. The Hall–Kier alpha value is -2.14. The predicted molar refractivity (Wildman–Crippen MR) is 99.0 cm³/mol. The van der Waals surface area contributed by atoms with Gasteiger partial charge in [-0.2, -0.15) is 0 Å². The molecule has 1 saturated heterocycles. The zero-order valence-corrected chi connectivity index (χ0v) is 14.9. The molecule has 1 aliphatic heterocycles. The van der Waals surface area contributed by atoms with Gasteiger partial charge in [0.25, 0.3) is 0 Å². The lowest BCUT2D eigenvalue weighted by molar-refractivity contribution is -0.123. The van der Waals surface area contributed by atoms with E-state index in [1.807, 2.05) is 18.5 Å². The number of amides is 1. The molecule has 2 aromatic rings. The van der Waals surface area contributed by atoms with Gasteiger partial charge in [0.05, 0.1) is 12.6 Å². The van der Waals surface area contributed by atoms with Crippen LogP contribution in [-0.4, -0.2) is 28.0 Å². The van der Waals surface area contributed by atoms with Crippen LogP contribution in [0.4, 0.5) is 0 Å². The lowest BCUT2D eigenvalue weighted by Gasteiger charge is -2.12. The molecule has 2 heterocycles. The predicted octanol–water partition coefficient (Wildman–Crippen LogP) is 2.52. The first-order valence-corrected chi connectivity index (χ1v) is 9.31. The molecule has 0 bridgehead atoms. The maximum atomic E-state index is 12.3. The highest BCUT2D eigenvalue weighted by molar-refractivity contribution is 5.81. The van der Waals surface area contributed by atoms with Crippen molar-refractivity contribution in [2.24, 2.45) is 5.92 Å². The molecule has 0 aliphatic carbocycles. The fourth-order valence-electron chi connectivity index (χ4n) is 3.42. The van der Waals surface area contributed by atoms with Crippen molar-refractivity contribution in [3.8, 4) is 0 Å². The molecule has 5 nitrogen and oxygen atoms in total. The second-order valence-electron chi connectivity index (χ2n) is 6.81. The van der Waals surface area contributed by atoms with E-state index >= 15 is 0 Å². The number of rotatable bonds is 8. The Morgan fingerprint density at radius 3 is 2.96 bits per heavy atom. The molecule has 0 radical (unpaired) electrons. The average Bonchev–Trinajstić information content (AvgIpc) is 3.30. The number of aryl methyl sites for hydroxylation is 2. The van der Waals surface area contributed by atoms with Crippen molar-refractivity contribution in [3.63, 3.8) is 0 Å². The van der Waals surface area contributed by atoms with Gasteiger partial charge in [-0.1, -0.05) is 43.7 Å². The molecular weight excluding hydrogens is 312 g/mol. The molecule has 3 rings (SSSR count). The van der Waals surface area contributed by atoms with Gasteiger partial charge in [-0.15, -0.1) is 0 Å². The van der Waals surface area contributed by atoms with Crippen molar-refractivity contribution in [1.29, 1.82) is 0 Å². The number of nitrogens with zero attached hydrogens (tertiary/aromatic N) is 2. The summed E-state index contributed by atoms with van der Waals surface area (Å²) >= 11 is 0. The van der Waals surface area contributed by atoms with Crippen molar-refractivity contribution in [3.05, 3.63) is 54.1 Å². The minimum Gasteiger partial charge on any atom is -0.348 e. The van der Waals surface area contributed by atoms with Gasteiger partial charge in [0.1, 0.15) is 5.82 Å². The molecule has 134 valence electrons. The van der Waals surface area contributed by atoms with Crippen molar-refractivity contribution in [2.45, 2.75) is 51.7 Å². The second kappa shape index (κ2) is 8.81. The third-order valence-electron chi connectivity index (χ3n) is 5.05. The van der Waals surface area contributed by atoms with Crippen molar-refractivity contribution < 1.29 is 4.79 Å². The van der Waals surface area contributed by atoms with E-state index in [9.17, 15) is 4.79 Å². The van der Waals surface area contributed by atoms with Gasteiger partial charge in [-0.05, 0) is 37.3 Å². The molecule has 1 amide bonds. The molecule has 1 aliphatic rings. The molecule has 1 aromatic heterocycles. The van der Waals surface area contributed by atoms with Crippen LogP contribution in [0.5, 0.6) is 0 Å². The normalized spacial score (nSPS) is 19.9. The van der Waals surface area contributed by atoms with E-state index in [0.29, 0.717) is 12.5 Å². The van der Waals surface area contributed by atoms with Crippen LogP contribution in [0.1, 0.15) is 37.6 Å². The van der Waals surface area contributed by atoms with Crippen LogP contribution < -0.4 is 10.6 Å². The van der Waals surface area contributed by atoms with E-state index in [1.54, 1.807) is 0 Å². The number of hydrogen-bond acceptors (Lipinski definition) is 3. The maximum Gasteiger partial charge on any atom is 0.237 e. The third-order valence-corrected chi connectivity index (χ3v) is 5.05. The van der Waals surface area contributed by atoms with Gasteiger partial charge in [0, 0.05) is 18.9 Å². The Morgan fingerprint density at radius 1 is 1.36 bits per heavy atom. The summed E-state index contributed by atoms with van der Waals surface area (Å²) in [6.45, 7) is 4.54.